The summed E-state index contributed by atoms with van der Waals surface area (Å²) in [5, 5.41) is 36.6. The largest absolute Gasteiger partial charge is 0.472 e. The molecule has 1 aliphatic heterocycles. The van der Waals surface area contributed by atoms with Crippen LogP contribution in [0.25, 0.3) is 0 Å². The van der Waals surface area contributed by atoms with Gasteiger partial charge in [0.25, 0.3) is 0 Å². The van der Waals surface area contributed by atoms with E-state index < -0.39 is 45.1 Å². The molecule has 1 heterocycles. The minimum atomic E-state index is -4.91. The van der Waals surface area contributed by atoms with Crippen molar-refractivity contribution in [2.24, 2.45) is 0 Å². The van der Waals surface area contributed by atoms with Crippen molar-refractivity contribution in [1.82, 2.24) is 0 Å². The van der Waals surface area contributed by atoms with Crippen LogP contribution in [0.1, 0.15) is 0 Å². The van der Waals surface area contributed by atoms with Gasteiger partial charge in [-0.2, -0.15) is 0 Å². The van der Waals surface area contributed by atoms with E-state index in [1.807, 2.05) is 0 Å². The summed E-state index contributed by atoms with van der Waals surface area (Å²) in [5.41, 5.74) is 0. The maximum absolute atomic E-state index is 10.5. The molecule has 2 radical (unpaired) electrons. The van der Waals surface area contributed by atoms with Gasteiger partial charge in [-0.25, -0.2) is 4.57 Å². The molecule has 0 aliphatic carbocycles. The van der Waals surface area contributed by atoms with Crippen molar-refractivity contribution in [3.05, 3.63) is 0 Å². The zero-order chi connectivity index (χ0) is 12.5. The first-order valence-corrected chi connectivity index (χ1v) is 5.83. The van der Waals surface area contributed by atoms with Gasteiger partial charge in [-0.15, -0.1) is 0 Å². The van der Waals surface area contributed by atoms with Crippen LogP contribution in [0.3, 0.4) is 0 Å². The van der Waals surface area contributed by atoms with Gasteiger partial charge >= 0.3 is 7.82 Å². The molecule has 1 fully saturated rings. The van der Waals surface area contributed by atoms with Crippen molar-refractivity contribution in [3.63, 3.8) is 0 Å². The molecule has 1 aliphatic rings. The maximum atomic E-state index is 10.5. The minimum Gasteiger partial charge on any atom is -0.394 e. The zero-order valence-electron chi connectivity index (χ0n) is 8.66. The summed E-state index contributed by atoms with van der Waals surface area (Å²) in [6.45, 7) is -0.702. The van der Waals surface area contributed by atoms with Crippen molar-refractivity contribution in [2.75, 3.05) is 6.61 Å². The first-order chi connectivity index (χ1) is 7.26. The van der Waals surface area contributed by atoms with Crippen LogP contribution in [0.5, 0.6) is 0 Å². The Balaban J connectivity index is 0.00000256. The van der Waals surface area contributed by atoms with Gasteiger partial charge in [0.2, 0.25) is 0 Å². The fraction of sp³-hybridized carbons (Fsp3) is 1.00. The Bertz CT molecular complexity index is 281. The number of phosphoric ester groups is 1. The molecule has 5 atom stereocenters. The Kier molecular flexibility index (Phi) is 7.95. The van der Waals surface area contributed by atoms with E-state index in [1.165, 1.54) is 0 Å². The monoisotopic (exact) mass is 398 g/mol. The summed E-state index contributed by atoms with van der Waals surface area (Å²) in [6.07, 6.45) is -8.25. The summed E-state index contributed by atoms with van der Waals surface area (Å²) in [4.78, 5) is 17.0. The van der Waals surface area contributed by atoms with E-state index in [2.05, 4.69) is 9.26 Å². The van der Waals surface area contributed by atoms with E-state index in [9.17, 15) is 19.9 Å². The summed E-state index contributed by atoms with van der Waals surface area (Å²) < 4.78 is 19.2. The number of ether oxygens (including phenoxy) is 1. The molecule has 17 heavy (non-hydrogen) atoms. The van der Waals surface area contributed by atoms with E-state index in [-0.39, 0.29) is 48.9 Å². The van der Waals surface area contributed by atoms with Gasteiger partial charge in [-0.1, -0.05) is 0 Å². The van der Waals surface area contributed by atoms with Crippen LogP contribution in [-0.4, -0.2) is 116 Å². The molecule has 5 unspecified atom stereocenters. The fourth-order valence-corrected chi connectivity index (χ4v) is 1.73. The third-order valence-electron chi connectivity index (χ3n) is 2.09. The third kappa shape index (κ3) is 5.17. The molecule has 6 N–H and O–H groups in total. The van der Waals surface area contributed by atoms with E-state index >= 15 is 0 Å². The number of aliphatic hydroxyl groups is 4. The van der Waals surface area contributed by atoms with Crippen LogP contribution in [0.4, 0.5) is 0 Å². The average molecular weight is 397 g/mol. The Labute approximate surface area is 137 Å². The van der Waals surface area contributed by atoms with Gasteiger partial charge in [0, 0.05) is 48.9 Å². The normalized spacial score (nSPS) is 38.6. The molecule has 1 saturated heterocycles. The van der Waals surface area contributed by atoms with Crippen LogP contribution in [-0.2, 0) is 13.8 Å². The Morgan fingerprint density at radius 3 is 2.06 bits per heavy atom. The van der Waals surface area contributed by atoms with Crippen LogP contribution in [0.2, 0.25) is 0 Å². The molecule has 0 amide bonds. The number of hydrogen-bond donors (Lipinski definition) is 6. The van der Waals surface area contributed by atoms with E-state index in [4.69, 9.17) is 14.9 Å². The number of aliphatic hydroxyl groups excluding tert-OH is 4. The number of rotatable bonds is 3. The Morgan fingerprint density at radius 1 is 1.12 bits per heavy atom. The molecule has 98 valence electrons. The van der Waals surface area contributed by atoms with E-state index in [0.717, 1.165) is 0 Å². The number of phosphoric acid groups is 1. The molecule has 1 rings (SSSR count). The summed E-state index contributed by atoms with van der Waals surface area (Å²) >= 11 is 0. The van der Waals surface area contributed by atoms with Crippen molar-refractivity contribution in [2.45, 2.75) is 30.7 Å². The van der Waals surface area contributed by atoms with Crippen LogP contribution in [0, 0.1) is 0 Å². The fourth-order valence-electron chi connectivity index (χ4n) is 1.29. The molecule has 0 bridgehead atoms. The van der Waals surface area contributed by atoms with Gasteiger partial charge in [-0.3, -0.25) is 4.52 Å². The van der Waals surface area contributed by atoms with Crippen LogP contribution < -0.4 is 0 Å². The van der Waals surface area contributed by atoms with Gasteiger partial charge in [0.05, 0.1) is 6.61 Å². The molecule has 0 aromatic carbocycles. The Morgan fingerprint density at radius 2 is 1.65 bits per heavy atom. The molecule has 0 spiro atoms. The van der Waals surface area contributed by atoms with Gasteiger partial charge < -0.3 is 34.9 Å². The average Bonchev–Trinajstić information content (AvgIpc) is 2.17. The van der Waals surface area contributed by atoms with E-state index in [0.29, 0.717) is 0 Å². The predicted molar refractivity (Wildman–Crippen MR) is 52.7 cm³/mol. The molecule has 11 heteroatoms. The van der Waals surface area contributed by atoms with E-state index in [1.54, 1.807) is 0 Å². The van der Waals surface area contributed by atoms with Crippen molar-refractivity contribution in [1.29, 1.82) is 0 Å². The quantitative estimate of drug-likeness (QED) is 0.210. The first kappa shape index (κ1) is 18.5. The second kappa shape index (κ2) is 7.31. The SMILES string of the molecule is O=P(O)(O)OC1OC(CO)C(O)C(O)C1O.[Ba]. The third-order valence-corrected chi connectivity index (χ3v) is 2.57. The molecule has 0 aromatic rings. The topological polar surface area (TPSA) is 157 Å². The molecular formula is C6H13BaO9P. The standard InChI is InChI=1S/C6H13O9P.Ba/c7-1-2-3(8)4(9)5(10)6(14-2)15-16(11,12)13;/h2-10H,1H2,(H2,11,12,13);. The first-order valence-electron chi connectivity index (χ1n) is 4.30. The number of hydrogen-bond acceptors (Lipinski definition) is 7. The summed E-state index contributed by atoms with van der Waals surface area (Å²) in [6, 6.07) is 0. The van der Waals surface area contributed by atoms with Crippen molar-refractivity contribution < 1.29 is 44.0 Å². The summed E-state index contributed by atoms with van der Waals surface area (Å²) in [7, 11) is -4.91. The van der Waals surface area contributed by atoms with Gasteiger partial charge in [0.15, 0.2) is 6.29 Å². The van der Waals surface area contributed by atoms with Crippen molar-refractivity contribution in [3.8, 4) is 0 Å². The molecular weight excluding hydrogens is 384 g/mol. The van der Waals surface area contributed by atoms with Crippen LogP contribution >= 0.6 is 7.82 Å². The maximum Gasteiger partial charge on any atom is 0.472 e. The molecule has 0 saturated carbocycles. The smallest absolute Gasteiger partial charge is 0.394 e. The minimum absolute atomic E-state index is 0. The second-order valence-electron chi connectivity index (χ2n) is 3.29. The zero-order valence-corrected chi connectivity index (χ0v) is 14.0. The van der Waals surface area contributed by atoms with Gasteiger partial charge in [0.1, 0.15) is 24.4 Å². The van der Waals surface area contributed by atoms with Crippen molar-refractivity contribution >= 4 is 56.7 Å². The summed E-state index contributed by atoms with van der Waals surface area (Å²) in [5.74, 6) is 0. The molecule has 0 aromatic heterocycles. The Hall–Kier alpha value is 1.48. The molecule has 9 nitrogen and oxygen atoms in total. The predicted octanol–water partition coefficient (Wildman–Crippen LogP) is -3.49. The van der Waals surface area contributed by atoms with Gasteiger partial charge in [-0.05, 0) is 0 Å². The second-order valence-corrected chi connectivity index (χ2v) is 4.49. The van der Waals surface area contributed by atoms with Crippen LogP contribution in [0.15, 0.2) is 0 Å².